The minimum atomic E-state index is -0.946. The number of nitrogens with zero attached hydrogens (tertiary/aromatic N) is 8. The molecule has 0 bridgehead atoms. The second kappa shape index (κ2) is 15.8. The van der Waals surface area contributed by atoms with E-state index in [1.165, 1.54) is 20.2 Å². The van der Waals surface area contributed by atoms with Gasteiger partial charge in [-0.1, -0.05) is 39.3 Å². The van der Waals surface area contributed by atoms with Crippen LogP contribution in [-0.4, -0.2) is 98.2 Å². The maximum absolute atomic E-state index is 14.2. The van der Waals surface area contributed by atoms with E-state index in [-0.39, 0.29) is 23.8 Å². The van der Waals surface area contributed by atoms with Crippen molar-refractivity contribution in [3.63, 3.8) is 0 Å². The molecule has 0 radical (unpaired) electrons. The molecule has 1 saturated carbocycles. The Hall–Kier alpha value is -5.46. The van der Waals surface area contributed by atoms with Crippen molar-refractivity contribution in [2.24, 2.45) is 16.6 Å². The van der Waals surface area contributed by atoms with Gasteiger partial charge in [-0.2, -0.15) is 9.94 Å². The third-order valence-corrected chi connectivity index (χ3v) is 12.0. The van der Waals surface area contributed by atoms with Crippen LogP contribution in [0.3, 0.4) is 0 Å². The van der Waals surface area contributed by atoms with Gasteiger partial charge in [0.05, 0.1) is 35.0 Å². The van der Waals surface area contributed by atoms with Crippen molar-refractivity contribution in [2.45, 2.75) is 78.0 Å². The van der Waals surface area contributed by atoms with Gasteiger partial charge < -0.3 is 20.1 Å². The second-order valence-corrected chi connectivity index (χ2v) is 16.7. The summed E-state index contributed by atoms with van der Waals surface area (Å²) in [4.78, 5) is 63.1. The number of hydrogen-bond donors (Lipinski definition) is 1. The number of rotatable bonds is 13. The number of nitriles is 1. The van der Waals surface area contributed by atoms with Gasteiger partial charge in [-0.3, -0.25) is 24.2 Å². The molecule has 3 aromatic heterocycles. The highest BCUT2D eigenvalue weighted by Gasteiger charge is 2.68. The first kappa shape index (κ1) is 39.8. The molecule has 1 aromatic carbocycles. The van der Waals surface area contributed by atoms with Gasteiger partial charge in [0, 0.05) is 55.7 Å². The maximum Gasteiger partial charge on any atom is 0.351 e. The number of fused-ring (bicyclic) bond motifs is 1. The Bertz CT molecular complexity index is 2260. The van der Waals surface area contributed by atoms with Crippen LogP contribution in [0.5, 0.6) is 11.5 Å². The van der Waals surface area contributed by atoms with Crippen LogP contribution in [-0.2, 0) is 9.59 Å². The summed E-state index contributed by atoms with van der Waals surface area (Å²) in [6.07, 6.45) is 5.86. The van der Waals surface area contributed by atoms with E-state index in [4.69, 9.17) is 26.8 Å². The summed E-state index contributed by atoms with van der Waals surface area (Å²) in [6, 6.07) is 12.5. The first-order valence-electron chi connectivity index (χ1n) is 19.4. The molecule has 300 valence electrons. The highest BCUT2D eigenvalue weighted by Crippen LogP contribution is 2.58. The topological polar surface area (TPSA) is 181 Å². The molecule has 4 aromatic rings. The molecule has 57 heavy (non-hydrogen) atoms. The van der Waals surface area contributed by atoms with Crippen LogP contribution < -0.4 is 25.8 Å². The molecule has 2 aliphatic heterocycles. The number of unbranched alkanes of at least 4 members (excludes halogenated alkanes) is 2. The largest absolute Gasteiger partial charge is 0.492 e. The number of anilines is 1. The number of ether oxygens (including phenoxy) is 2. The Morgan fingerprint density at radius 3 is 2.39 bits per heavy atom. The number of carbonyl (C=O) groups excluding carboxylic acids is 3. The number of pyridine rings is 2. The monoisotopic (exact) mass is 797 g/mol. The van der Waals surface area contributed by atoms with E-state index >= 15 is 0 Å². The molecule has 3 amide bonds. The lowest BCUT2D eigenvalue weighted by Gasteiger charge is -2.65. The second-order valence-electron chi connectivity index (χ2n) is 16.3. The number of primary amides is 1. The summed E-state index contributed by atoms with van der Waals surface area (Å²) in [5, 5.41) is 14.1. The summed E-state index contributed by atoms with van der Waals surface area (Å²) in [6.45, 7) is 12.9. The molecule has 2 N–H and O–H groups in total. The van der Waals surface area contributed by atoms with Crippen LogP contribution in [0.1, 0.15) is 81.8 Å². The number of aromatic nitrogens is 4. The summed E-state index contributed by atoms with van der Waals surface area (Å²) >= 11 is 6.26. The van der Waals surface area contributed by atoms with Crippen molar-refractivity contribution in [3.8, 4) is 17.6 Å². The fourth-order valence-electron chi connectivity index (χ4n) is 9.14. The van der Waals surface area contributed by atoms with Crippen LogP contribution >= 0.6 is 11.6 Å². The van der Waals surface area contributed by atoms with Gasteiger partial charge in [0.25, 0.3) is 5.91 Å². The number of piperazine rings is 1. The van der Waals surface area contributed by atoms with Crippen molar-refractivity contribution in [2.75, 3.05) is 44.2 Å². The fourth-order valence-corrected chi connectivity index (χ4v) is 9.36. The molecule has 15 nitrogen and oxygen atoms in total. The normalized spacial score (nSPS) is 21.9. The van der Waals surface area contributed by atoms with E-state index in [2.05, 4.69) is 19.9 Å². The molecule has 3 fully saturated rings. The standard InChI is InChI=1S/C41H48ClN9O6/c1-40(2)37(41(3,4)38(40)57-28-10-8-26(23-43)30(42)22-28)50-34(52)15-12-31(36(50)54)51-39(55)49-25-29(11-14-33(49)46-51)56-21-7-5-6-16-47-17-19-48(20-18-47)32-13-9-27(24-45-32)35(44)53/h8-11,13-14,22,24-25,31,37-38H,5-7,12,15-21H2,1-4H3,(H2,44,53). The summed E-state index contributed by atoms with van der Waals surface area (Å²) in [5.41, 5.74) is 4.67. The molecule has 1 unspecified atom stereocenters. The van der Waals surface area contributed by atoms with Crippen molar-refractivity contribution in [3.05, 3.63) is 81.5 Å². The van der Waals surface area contributed by atoms with Crippen LogP contribution in [0.2, 0.25) is 5.02 Å². The van der Waals surface area contributed by atoms with Crippen LogP contribution in [0.15, 0.2) is 59.7 Å². The molecular formula is C41H48ClN9O6. The minimum absolute atomic E-state index is 0.0895. The zero-order chi connectivity index (χ0) is 40.6. The van der Waals surface area contributed by atoms with E-state index in [1.54, 1.807) is 42.6 Å². The number of likely N-dealkylation sites (tertiary alicyclic amines) is 1. The molecule has 0 spiro atoms. The number of nitrogens with two attached hydrogens (primary N) is 1. The molecular weight excluding hydrogens is 750 g/mol. The fraction of sp³-hybridized carbons (Fsp3) is 0.488. The Kier molecular flexibility index (Phi) is 11.0. The van der Waals surface area contributed by atoms with Gasteiger partial charge in [-0.25, -0.2) is 14.2 Å². The number of piperidine rings is 1. The SMILES string of the molecule is CC1(C)C(Oc2ccc(C#N)c(Cl)c2)C(C)(C)C1N1C(=O)CCC(n2nc3ccc(OCCCCCN4CCN(c5ccc(C(N)=O)cn5)CC4)cn3c2=O)C1=O. The van der Waals surface area contributed by atoms with Crippen molar-refractivity contribution in [1.29, 1.82) is 5.26 Å². The number of benzene rings is 1. The van der Waals surface area contributed by atoms with E-state index in [9.17, 15) is 24.4 Å². The number of carbonyl (C=O) groups is 3. The van der Waals surface area contributed by atoms with Crippen LogP contribution in [0, 0.1) is 22.2 Å². The predicted molar refractivity (Wildman–Crippen MR) is 212 cm³/mol. The van der Waals surface area contributed by atoms with Gasteiger partial charge in [-0.15, -0.1) is 5.10 Å². The number of imide groups is 1. The quantitative estimate of drug-likeness (QED) is 0.149. The van der Waals surface area contributed by atoms with Gasteiger partial charge >= 0.3 is 5.69 Å². The predicted octanol–water partition coefficient (Wildman–Crippen LogP) is 4.46. The van der Waals surface area contributed by atoms with Crippen molar-refractivity contribution in [1.82, 2.24) is 29.0 Å². The Morgan fingerprint density at radius 2 is 1.72 bits per heavy atom. The number of hydrogen-bond acceptors (Lipinski definition) is 11. The molecule has 5 heterocycles. The zero-order valence-corrected chi connectivity index (χ0v) is 33.4. The summed E-state index contributed by atoms with van der Waals surface area (Å²) in [5.74, 6) is 0.629. The van der Waals surface area contributed by atoms with Crippen LogP contribution in [0.25, 0.3) is 5.65 Å². The molecule has 2 saturated heterocycles. The maximum atomic E-state index is 14.2. The van der Waals surface area contributed by atoms with Crippen molar-refractivity contribution >= 4 is 40.8 Å². The lowest BCUT2D eigenvalue weighted by molar-refractivity contribution is -0.216. The van der Waals surface area contributed by atoms with Gasteiger partial charge in [0.2, 0.25) is 11.8 Å². The third kappa shape index (κ3) is 7.68. The highest BCUT2D eigenvalue weighted by molar-refractivity contribution is 6.31. The summed E-state index contributed by atoms with van der Waals surface area (Å²) < 4.78 is 15.0. The van der Waals surface area contributed by atoms with E-state index in [1.807, 2.05) is 39.8 Å². The lowest BCUT2D eigenvalue weighted by atomic mass is 9.48. The number of amides is 3. The smallest absolute Gasteiger partial charge is 0.351 e. The van der Waals surface area contributed by atoms with Gasteiger partial charge in [0.1, 0.15) is 35.5 Å². The Morgan fingerprint density at radius 1 is 0.982 bits per heavy atom. The molecule has 1 atom stereocenters. The molecule has 16 heteroatoms. The average molecular weight is 798 g/mol. The van der Waals surface area contributed by atoms with Crippen molar-refractivity contribution < 1.29 is 23.9 Å². The average Bonchev–Trinajstić information content (AvgIpc) is 3.51. The molecule has 1 aliphatic carbocycles. The van der Waals surface area contributed by atoms with E-state index in [0.717, 1.165) is 57.8 Å². The highest BCUT2D eigenvalue weighted by atomic mass is 35.5. The van der Waals surface area contributed by atoms with Crippen LogP contribution in [0.4, 0.5) is 5.82 Å². The van der Waals surface area contributed by atoms with E-state index < -0.39 is 46.5 Å². The first-order valence-corrected chi connectivity index (χ1v) is 19.8. The molecule has 7 rings (SSSR count). The summed E-state index contributed by atoms with van der Waals surface area (Å²) in [7, 11) is 0. The third-order valence-electron chi connectivity index (χ3n) is 11.7. The Balaban J connectivity index is 0.919. The minimum Gasteiger partial charge on any atom is -0.492 e. The zero-order valence-electron chi connectivity index (χ0n) is 32.7. The van der Waals surface area contributed by atoms with Gasteiger partial charge in [-0.05, 0) is 68.6 Å². The lowest BCUT2D eigenvalue weighted by Crippen LogP contribution is -2.77. The number of halogens is 1. The molecule has 3 aliphatic rings. The first-order chi connectivity index (χ1) is 27.2. The Labute approximate surface area is 335 Å². The van der Waals surface area contributed by atoms with Gasteiger partial charge in [0.15, 0.2) is 5.65 Å². The van der Waals surface area contributed by atoms with E-state index in [0.29, 0.717) is 34.9 Å².